The first-order valence-electron chi connectivity index (χ1n) is 9.19. The third-order valence-electron chi connectivity index (χ3n) is 5.39. The van der Waals surface area contributed by atoms with Gasteiger partial charge in [0, 0.05) is 43.9 Å². The summed E-state index contributed by atoms with van der Waals surface area (Å²) < 4.78 is 0. The molecule has 2 saturated heterocycles. The molecule has 2 fully saturated rings. The molecule has 10 heteroatoms. The highest BCUT2D eigenvalue weighted by atomic mass is 35.5. The Labute approximate surface area is 169 Å². The number of fused-ring (bicyclic) bond motifs is 2. The van der Waals surface area contributed by atoms with E-state index in [9.17, 15) is 19.7 Å². The van der Waals surface area contributed by atoms with Crippen molar-refractivity contribution in [3.05, 3.63) is 39.9 Å². The van der Waals surface area contributed by atoms with E-state index in [2.05, 4.69) is 16.0 Å². The molecule has 2 aliphatic heterocycles. The minimum atomic E-state index is -0.472. The predicted molar refractivity (Wildman–Crippen MR) is 106 cm³/mol. The van der Waals surface area contributed by atoms with Crippen LogP contribution in [0.25, 0.3) is 0 Å². The molecule has 2 heterocycles. The number of halogens is 1. The van der Waals surface area contributed by atoms with Gasteiger partial charge in [0.15, 0.2) is 0 Å². The Hall–Kier alpha value is -2.39. The summed E-state index contributed by atoms with van der Waals surface area (Å²) in [6.45, 7) is 0.174. The smallest absolute Gasteiger partial charge is 0.315 e. The van der Waals surface area contributed by atoms with Crippen molar-refractivity contribution < 1.29 is 14.5 Å². The Balaban J connectivity index is 0.00000280. The Kier molecular flexibility index (Phi) is 7.59. The minimum Gasteiger partial charge on any atom is -0.341 e. The molecule has 2 aliphatic rings. The van der Waals surface area contributed by atoms with Crippen LogP contribution in [0, 0.1) is 10.1 Å². The number of nitro benzene ring substituents is 1. The Morgan fingerprint density at radius 2 is 1.79 bits per heavy atom. The monoisotopic (exact) mass is 411 g/mol. The maximum atomic E-state index is 12.4. The van der Waals surface area contributed by atoms with Crippen LogP contribution >= 0.6 is 12.4 Å². The fourth-order valence-corrected chi connectivity index (χ4v) is 3.81. The molecule has 2 atom stereocenters. The molecular formula is C18H26ClN5O4. The van der Waals surface area contributed by atoms with Gasteiger partial charge in [0.05, 0.1) is 11.5 Å². The minimum absolute atomic E-state index is 0. The highest BCUT2D eigenvalue weighted by molar-refractivity contribution is 5.85. The van der Waals surface area contributed by atoms with Crippen LogP contribution in [0.2, 0.25) is 0 Å². The molecule has 3 N–H and O–H groups in total. The quantitative estimate of drug-likeness (QED) is 0.485. The summed E-state index contributed by atoms with van der Waals surface area (Å²) in [7, 11) is 1.80. The molecule has 1 aromatic carbocycles. The fraction of sp³-hybridized carbons (Fsp3) is 0.556. The van der Waals surface area contributed by atoms with E-state index in [1.54, 1.807) is 24.1 Å². The van der Waals surface area contributed by atoms with E-state index in [1.165, 1.54) is 25.0 Å². The average molecular weight is 412 g/mol. The lowest BCUT2D eigenvalue weighted by atomic mass is 9.98. The lowest BCUT2D eigenvalue weighted by molar-refractivity contribution is -0.384. The van der Waals surface area contributed by atoms with Gasteiger partial charge in [-0.1, -0.05) is 12.1 Å². The summed E-state index contributed by atoms with van der Waals surface area (Å²) in [6.07, 6.45) is 4.27. The lowest BCUT2D eigenvalue weighted by Crippen LogP contribution is -2.51. The zero-order valence-corrected chi connectivity index (χ0v) is 16.5. The number of non-ortho nitro benzene ring substituents is 1. The van der Waals surface area contributed by atoms with Crippen molar-refractivity contribution >= 4 is 30.0 Å². The van der Waals surface area contributed by atoms with Crippen LogP contribution in [-0.2, 0) is 11.3 Å². The summed E-state index contributed by atoms with van der Waals surface area (Å²) in [5.41, 5.74) is 0.743. The van der Waals surface area contributed by atoms with Crippen LogP contribution in [0.1, 0.15) is 31.2 Å². The van der Waals surface area contributed by atoms with E-state index < -0.39 is 11.0 Å². The maximum Gasteiger partial charge on any atom is 0.315 e. The van der Waals surface area contributed by atoms with Crippen molar-refractivity contribution in [2.45, 2.75) is 50.4 Å². The molecule has 0 saturated carbocycles. The number of benzene rings is 1. The summed E-state index contributed by atoms with van der Waals surface area (Å²) in [6, 6.07) is 6.73. The van der Waals surface area contributed by atoms with Gasteiger partial charge in [-0.15, -0.1) is 12.4 Å². The first-order valence-corrected chi connectivity index (χ1v) is 9.19. The SMILES string of the molecule is CN(C(=O)CNC(=O)NCc1ccc([N+](=O)[O-])cc1)C1CC2CCC(C1)N2.Cl. The number of piperidine rings is 1. The Bertz CT molecular complexity index is 702. The molecule has 154 valence electrons. The molecule has 0 aliphatic carbocycles. The van der Waals surface area contributed by atoms with Crippen molar-refractivity contribution in [1.82, 2.24) is 20.9 Å². The standard InChI is InChI=1S/C18H25N5O4.ClH/c1-22(16-8-13-4-5-14(9-16)21-13)17(24)11-20-18(25)19-10-12-2-6-15(7-3-12)23(26)27;/h2-3,6-7,13-14,16,21H,4-5,8-11H2,1H3,(H2,19,20,25);1H. The van der Waals surface area contributed by atoms with E-state index in [0.717, 1.165) is 18.4 Å². The number of hydrogen-bond donors (Lipinski definition) is 3. The fourth-order valence-electron chi connectivity index (χ4n) is 3.81. The van der Waals surface area contributed by atoms with Crippen molar-refractivity contribution in [3.8, 4) is 0 Å². The molecule has 1 aromatic rings. The number of rotatable bonds is 6. The number of likely N-dealkylation sites (N-methyl/N-ethyl adjacent to an activating group) is 1. The molecule has 0 spiro atoms. The van der Waals surface area contributed by atoms with Crippen LogP contribution in [0.4, 0.5) is 10.5 Å². The number of carbonyl (C=O) groups is 2. The van der Waals surface area contributed by atoms with E-state index >= 15 is 0 Å². The average Bonchev–Trinajstić information content (AvgIpc) is 3.01. The highest BCUT2D eigenvalue weighted by Crippen LogP contribution is 2.29. The number of nitrogens with zero attached hydrogens (tertiary/aromatic N) is 2. The summed E-state index contributed by atoms with van der Waals surface area (Å²) in [5, 5.41) is 19.4. The van der Waals surface area contributed by atoms with Gasteiger partial charge in [0.25, 0.3) is 5.69 Å². The Morgan fingerprint density at radius 1 is 1.18 bits per heavy atom. The summed E-state index contributed by atoms with van der Waals surface area (Å²) in [5.74, 6) is -0.105. The zero-order valence-electron chi connectivity index (χ0n) is 15.7. The molecule has 3 rings (SSSR count). The third-order valence-corrected chi connectivity index (χ3v) is 5.39. The molecule has 2 bridgehead atoms. The molecule has 2 unspecified atom stereocenters. The van der Waals surface area contributed by atoms with Crippen molar-refractivity contribution in [2.24, 2.45) is 0 Å². The van der Waals surface area contributed by atoms with Gasteiger partial charge in [-0.2, -0.15) is 0 Å². The summed E-state index contributed by atoms with van der Waals surface area (Å²) in [4.78, 5) is 36.2. The number of hydrogen-bond acceptors (Lipinski definition) is 5. The number of nitro groups is 1. The second kappa shape index (κ2) is 9.70. The molecule has 28 heavy (non-hydrogen) atoms. The number of nitrogens with one attached hydrogen (secondary N) is 3. The lowest BCUT2D eigenvalue weighted by Gasteiger charge is -2.35. The second-order valence-electron chi connectivity index (χ2n) is 7.23. The van der Waals surface area contributed by atoms with Gasteiger partial charge in [-0.25, -0.2) is 4.79 Å². The van der Waals surface area contributed by atoms with Gasteiger partial charge < -0.3 is 20.9 Å². The van der Waals surface area contributed by atoms with Crippen molar-refractivity contribution in [1.29, 1.82) is 0 Å². The van der Waals surface area contributed by atoms with Crippen molar-refractivity contribution in [3.63, 3.8) is 0 Å². The van der Waals surface area contributed by atoms with E-state index in [-0.39, 0.29) is 43.1 Å². The molecule has 3 amide bonds. The highest BCUT2D eigenvalue weighted by Gasteiger charge is 2.36. The topological polar surface area (TPSA) is 117 Å². The normalized spacial score (nSPS) is 22.7. The largest absolute Gasteiger partial charge is 0.341 e. The molecule has 9 nitrogen and oxygen atoms in total. The van der Waals surface area contributed by atoms with E-state index in [0.29, 0.717) is 12.1 Å². The van der Waals surface area contributed by atoms with Crippen LogP contribution in [0.5, 0.6) is 0 Å². The van der Waals surface area contributed by atoms with E-state index in [1.807, 2.05) is 0 Å². The third kappa shape index (κ3) is 5.56. The van der Waals surface area contributed by atoms with Crippen LogP contribution in [-0.4, -0.2) is 53.5 Å². The van der Waals surface area contributed by atoms with Gasteiger partial charge in [-0.3, -0.25) is 14.9 Å². The van der Waals surface area contributed by atoms with Crippen LogP contribution < -0.4 is 16.0 Å². The maximum absolute atomic E-state index is 12.4. The molecule has 0 radical (unpaired) electrons. The van der Waals surface area contributed by atoms with Gasteiger partial charge in [0.2, 0.25) is 5.91 Å². The van der Waals surface area contributed by atoms with Crippen molar-refractivity contribution in [2.75, 3.05) is 13.6 Å². The predicted octanol–water partition coefficient (Wildman–Crippen LogP) is 1.56. The second-order valence-corrected chi connectivity index (χ2v) is 7.23. The number of carbonyl (C=O) groups excluding carboxylic acids is 2. The summed E-state index contributed by atoms with van der Waals surface area (Å²) >= 11 is 0. The number of amides is 3. The van der Waals surface area contributed by atoms with Gasteiger partial charge in [-0.05, 0) is 31.2 Å². The molecule has 0 aromatic heterocycles. The van der Waals surface area contributed by atoms with E-state index in [4.69, 9.17) is 0 Å². The van der Waals surface area contributed by atoms with Crippen LogP contribution in [0.3, 0.4) is 0 Å². The van der Waals surface area contributed by atoms with Gasteiger partial charge in [0.1, 0.15) is 0 Å². The zero-order chi connectivity index (χ0) is 19.4. The first-order chi connectivity index (χ1) is 12.9. The first kappa shape index (κ1) is 21.9. The van der Waals surface area contributed by atoms with Gasteiger partial charge >= 0.3 is 6.03 Å². The Morgan fingerprint density at radius 3 is 2.36 bits per heavy atom. The van der Waals surface area contributed by atoms with Crippen LogP contribution in [0.15, 0.2) is 24.3 Å². The number of urea groups is 1. The molecular weight excluding hydrogens is 386 g/mol.